The lowest BCUT2D eigenvalue weighted by Gasteiger charge is -2.11. The third-order valence-corrected chi connectivity index (χ3v) is 6.38. The van der Waals surface area contributed by atoms with Gasteiger partial charge in [0.05, 0.1) is 10.6 Å². The summed E-state index contributed by atoms with van der Waals surface area (Å²) >= 11 is 2.87. The summed E-state index contributed by atoms with van der Waals surface area (Å²) in [7, 11) is 0. The van der Waals surface area contributed by atoms with E-state index >= 15 is 0 Å². The van der Waals surface area contributed by atoms with Crippen LogP contribution >= 0.6 is 23.1 Å². The summed E-state index contributed by atoms with van der Waals surface area (Å²) in [6, 6.07) is 6.27. The maximum absolute atomic E-state index is 12.9. The number of nitrogen functional groups attached to an aromatic ring is 1. The van der Waals surface area contributed by atoms with Gasteiger partial charge < -0.3 is 11.1 Å². The zero-order chi connectivity index (χ0) is 19.6. The minimum Gasteiger partial charge on any atom is -0.383 e. The van der Waals surface area contributed by atoms with E-state index in [0.29, 0.717) is 23.9 Å². The summed E-state index contributed by atoms with van der Waals surface area (Å²) in [6.45, 7) is 6.34. The molecule has 0 radical (unpaired) electrons. The summed E-state index contributed by atoms with van der Waals surface area (Å²) in [4.78, 5) is 23.2. The molecule has 1 atom stereocenters. The van der Waals surface area contributed by atoms with Crippen molar-refractivity contribution in [2.75, 3.05) is 12.3 Å². The fraction of sp³-hybridized carbons (Fsp3) is 0.316. The predicted molar refractivity (Wildman–Crippen MR) is 110 cm³/mol. The minimum absolute atomic E-state index is 0.0945. The van der Waals surface area contributed by atoms with E-state index in [-0.39, 0.29) is 17.0 Å². The Hall–Kier alpha value is -2.19. The number of nitrogens with two attached hydrogens (primary N) is 1. The number of carbonyl (C=O) groups excluding carboxylic acids is 1. The van der Waals surface area contributed by atoms with Crippen LogP contribution in [0, 0.1) is 19.7 Å². The van der Waals surface area contributed by atoms with Crippen LogP contribution in [0.2, 0.25) is 0 Å². The lowest BCUT2D eigenvalue weighted by atomic mass is 10.1. The van der Waals surface area contributed by atoms with Crippen molar-refractivity contribution in [3.63, 3.8) is 0 Å². The molecular formula is C19H21FN4OS2. The molecule has 3 N–H and O–H groups in total. The van der Waals surface area contributed by atoms with Crippen molar-refractivity contribution in [3.8, 4) is 0 Å². The molecule has 2 aromatic heterocycles. The second-order valence-electron chi connectivity index (χ2n) is 6.28. The Bertz CT molecular complexity index is 972. The number of amides is 1. The molecule has 1 amide bonds. The van der Waals surface area contributed by atoms with Crippen molar-refractivity contribution >= 4 is 45.0 Å². The minimum atomic E-state index is -0.350. The maximum atomic E-state index is 12.9. The third-order valence-electron chi connectivity index (χ3n) is 4.31. The molecule has 27 heavy (non-hydrogen) atoms. The molecular weight excluding hydrogens is 383 g/mol. The van der Waals surface area contributed by atoms with Gasteiger partial charge in [0.2, 0.25) is 5.91 Å². The van der Waals surface area contributed by atoms with Crippen LogP contribution in [0.5, 0.6) is 0 Å². The Morgan fingerprint density at radius 1 is 1.30 bits per heavy atom. The van der Waals surface area contributed by atoms with E-state index in [1.165, 1.54) is 28.8 Å². The molecule has 0 spiro atoms. The predicted octanol–water partition coefficient (Wildman–Crippen LogP) is 3.87. The molecule has 8 heteroatoms. The number of hydrogen-bond acceptors (Lipinski definition) is 6. The highest BCUT2D eigenvalue weighted by molar-refractivity contribution is 8.00. The van der Waals surface area contributed by atoms with Crippen molar-refractivity contribution in [1.82, 2.24) is 15.3 Å². The van der Waals surface area contributed by atoms with Gasteiger partial charge in [-0.3, -0.25) is 4.79 Å². The van der Waals surface area contributed by atoms with Gasteiger partial charge in [0.25, 0.3) is 0 Å². The van der Waals surface area contributed by atoms with E-state index in [4.69, 9.17) is 5.73 Å². The molecule has 0 saturated carbocycles. The fourth-order valence-electron chi connectivity index (χ4n) is 2.65. The van der Waals surface area contributed by atoms with Gasteiger partial charge in [-0.15, -0.1) is 11.3 Å². The van der Waals surface area contributed by atoms with E-state index in [9.17, 15) is 9.18 Å². The van der Waals surface area contributed by atoms with Crippen molar-refractivity contribution in [2.45, 2.75) is 37.6 Å². The van der Waals surface area contributed by atoms with Crippen LogP contribution < -0.4 is 11.1 Å². The second kappa shape index (κ2) is 8.22. The van der Waals surface area contributed by atoms with Gasteiger partial charge in [-0.1, -0.05) is 23.9 Å². The number of thioether (sulfide) groups is 1. The number of thiophene rings is 1. The fourth-order valence-corrected chi connectivity index (χ4v) is 4.55. The van der Waals surface area contributed by atoms with E-state index in [0.717, 1.165) is 21.3 Å². The van der Waals surface area contributed by atoms with Crippen molar-refractivity contribution in [3.05, 3.63) is 46.1 Å². The Kier molecular flexibility index (Phi) is 5.96. The molecule has 3 aromatic rings. The molecule has 1 aromatic carbocycles. The third kappa shape index (κ3) is 4.56. The summed E-state index contributed by atoms with van der Waals surface area (Å²) < 4.78 is 12.9. The molecule has 0 aliphatic carbocycles. The average molecular weight is 405 g/mol. The first-order chi connectivity index (χ1) is 12.8. The normalized spacial score (nSPS) is 12.3. The molecule has 1 unspecified atom stereocenters. The summed E-state index contributed by atoms with van der Waals surface area (Å²) in [5.74, 6) is 0.0939. The van der Waals surface area contributed by atoms with E-state index in [1.54, 1.807) is 23.5 Å². The molecule has 5 nitrogen and oxygen atoms in total. The zero-order valence-electron chi connectivity index (χ0n) is 15.4. The highest BCUT2D eigenvalue weighted by atomic mass is 32.2. The first-order valence-corrected chi connectivity index (χ1v) is 10.3. The molecule has 142 valence electrons. The van der Waals surface area contributed by atoms with Gasteiger partial charge in [-0.25, -0.2) is 14.4 Å². The Morgan fingerprint density at radius 3 is 2.70 bits per heavy atom. The van der Waals surface area contributed by atoms with E-state index in [1.807, 2.05) is 20.8 Å². The monoisotopic (exact) mass is 404 g/mol. The Balaban J connectivity index is 1.59. The number of halogens is 1. The van der Waals surface area contributed by atoms with Gasteiger partial charge in [0.15, 0.2) is 5.16 Å². The average Bonchev–Trinajstić information content (AvgIpc) is 2.91. The highest BCUT2D eigenvalue weighted by Gasteiger charge is 2.18. The molecule has 2 heterocycles. The number of nitrogens with zero attached hydrogens (tertiary/aromatic N) is 2. The second-order valence-corrected chi connectivity index (χ2v) is 8.79. The Morgan fingerprint density at radius 2 is 2.00 bits per heavy atom. The molecule has 3 rings (SSSR count). The number of fused-ring (bicyclic) bond motifs is 1. The van der Waals surface area contributed by atoms with Crippen LogP contribution in [-0.2, 0) is 11.2 Å². The number of aromatic nitrogens is 2. The van der Waals surface area contributed by atoms with Gasteiger partial charge in [-0.05, 0) is 50.5 Å². The number of rotatable bonds is 6. The quantitative estimate of drug-likeness (QED) is 0.481. The maximum Gasteiger partial charge on any atom is 0.233 e. The summed E-state index contributed by atoms with van der Waals surface area (Å²) in [5, 5.41) is 3.95. The number of benzene rings is 1. The van der Waals surface area contributed by atoms with Gasteiger partial charge in [0.1, 0.15) is 16.5 Å². The van der Waals surface area contributed by atoms with Crippen molar-refractivity contribution in [2.24, 2.45) is 0 Å². The first-order valence-electron chi connectivity index (χ1n) is 8.57. The Labute approximate surface area is 165 Å². The summed E-state index contributed by atoms with van der Waals surface area (Å²) in [5.41, 5.74) is 8.17. The number of carbonyl (C=O) groups is 1. The first kappa shape index (κ1) is 19.6. The highest BCUT2D eigenvalue weighted by Crippen LogP contribution is 2.34. The lowest BCUT2D eigenvalue weighted by Crippen LogP contribution is -2.32. The van der Waals surface area contributed by atoms with E-state index < -0.39 is 0 Å². The van der Waals surface area contributed by atoms with Crippen LogP contribution in [-0.4, -0.2) is 27.7 Å². The number of anilines is 1. The largest absolute Gasteiger partial charge is 0.383 e. The lowest BCUT2D eigenvalue weighted by molar-refractivity contribution is -0.120. The molecule has 0 saturated heterocycles. The summed E-state index contributed by atoms with van der Waals surface area (Å²) in [6.07, 6.45) is 0.645. The molecule has 0 fully saturated rings. The smallest absolute Gasteiger partial charge is 0.233 e. The van der Waals surface area contributed by atoms with E-state index in [2.05, 4.69) is 15.3 Å². The standard InChI is InChI=1S/C19H21FN4OS2/c1-10-11(2)26-18-15(10)16(21)23-19(24-18)27-12(3)17(25)22-9-8-13-4-6-14(20)7-5-13/h4-7,12H,8-9H2,1-3H3,(H,22,25)(H2,21,23,24). The van der Waals surface area contributed by atoms with Crippen LogP contribution in [0.25, 0.3) is 10.2 Å². The van der Waals surface area contributed by atoms with Crippen molar-refractivity contribution in [1.29, 1.82) is 0 Å². The molecule has 0 aliphatic rings. The van der Waals surface area contributed by atoms with Gasteiger partial charge in [-0.2, -0.15) is 0 Å². The number of hydrogen-bond donors (Lipinski definition) is 2. The van der Waals surface area contributed by atoms with Crippen LogP contribution in [0.15, 0.2) is 29.4 Å². The van der Waals surface area contributed by atoms with Crippen molar-refractivity contribution < 1.29 is 9.18 Å². The number of aryl methyl sites for hydroxylation is 2. The molecule has 0 bridgehead atoms. The topological polar surface area (TPSA) is 80.9 Å². The van der Waals surface area contributed by atoms with Crippen LogP contribution in [0.3, 0.4) is 0 Å². The number of nitrogens with one attached hydrogen (secondary N) is 1. The van der Waals surface area contributed by atoms with Crippen LogP contribution in [0.4, 0.5) is 10.2 Å². The SMILES string of the molecule is Cc1sc2nc(SC(C)C(=O)NCCc3ccc(F)cc3)nc(N)c2c1C. The van der Waals surface area contributed by atoms with Crippen LogP contribution in [0.1, 0.15) is 22.9 Å². The van der Waals surface area contributed by atoms with Gasteiger partial charge >= 0.3 is 0 Å². The zero-order valence-corrected chi connectivity index (χ0v) is 17.0. The van der Waals surface area contributed by atoms with Gasteiger partial charge in [0, 0.05) is 11.4 Å². The molecule has 0 aliphatic heterocycles.